The van der Waals surface area contributed by atoms with E-state index in [0.29, 0.717) is 6.54 Å². The first-order valence-electron chi connectivity index (χ1n) is 8.79. The number of nitrogens with zero attached hydrogens (tertiary/aromatic N) is 2. The lowest BCUT2D eigenvalue weighted by molar-refractivity contribution is -0.115. The van der Waals surface area contributed by atoms with Gasteiger partial charge in [0.05, 0.1) is 19.8 Å². The Balaban J connectivity index is 1.57. The van der Waals surface area contributed by atoms with Crippen LogP contribution >= 0.6 is 0 Å². The Hall–Kier alpha value is -2.53. The highest BCUT2D eigenvalue weighted by Crippen LogP contribution is 2.19. The van der Waals surface area contributed by atoms with Gasteiger partial charge in [-0.2, -0.15) is 0 Å². The van der Waals surface area contributed by atoms with E-state index in [1.807, 2.05) is 42.5 Å². The van der Waals surface area contributed by atoms with Gasteiger partial charge in [-0.25, -0.2) is 0 Å². The molecule has 1 N–H and O–H groups in total. The van der Waals surface area contributed by atoms with Crippen molar-refractivity contribution in [2.75, 3.05) is 54.5 Å². The standard InChI is InChI=1S/C20H25N3O2/c1-2-22(18-6-4-3-5-7-18)16-20(24)21-17-8-10-19(11-9-17)23-12-14-25-15-13-23/h3-11H,2,12-16H2,1H3,(H,21,24). The molecule has 0 atom stereocenters. The molecular formula is C20H25N3O2. The van der Waals surface area contributed by atoms with E-state index in [4.69, 9.17) is 4.74 Å². The third kappa shape index (κ3) is 4.73. The molecule has 1 aliphatic rings. The zero-order valence-corrected chi connectivity index (χ0v) is 14.6. The Kier molecular flexibility index (Phi) is 5.90. The quantitative estimate of drug-likeness (QED) is 0.879. The smallest absolute Gasteiger partial charge is 0.243 e. The summed E-state index contributed by atoms with van der Waals surface area (Å²) in [5, 5.41) is 2.98. The summed E-state index contributed by atoms with van der Waals surface area (Å²) in [5.74, 6) is -0.00942. The van der Waals surface area contributed by atoms with Gasteiger partial charge < -0.3 is 19.9 Å². The molecule has 0 aromatic heterocycles. The van der Waals surface area contributed by atoms with E-state index >= 15 is 0 Å². The number of carbonyl (C=O) groups excluding carboxylic acids is 1. The molecule has 1 aliphatic heterocycles. The van der Waals surface area contributed by atoms with Crippen molar-refractivity contribution in [3.8, 4) is 0 Å². The number of amides is 1. The molecule has 0 aliphatic carbocycles. The lowest BCUT2D eigenvalue weighted by Gasteiger charge is -2.29. The summed E-state index contributed by atoms with van der Waals surface area (Å²) >= 11 is 0. The zero-order chi connectivity index (χ0) is 17.5. The number of hydrogen-bond acceptors (Lipinski definition) is 4. The number of morpholine rings is 1. The second-order valence-corrected chi connectivity index (χ2v) is 6.04. The molecule has 132 valence electrons. The van der Waals surface area contributed by atoms with Crippen LogP contribution in [0.3, 0.4) is 0 Å². The maximum absolute atomic E-state index is 12.4. The fourth-order valence-corrected chi connectivity index (χ4v) is 2.98. The first-order chi connectivity index (χ1) is 12.3. The normalized spacial score (nSPS) is 14.2. The van der Waals surface area contributed by atoms with Crippen molar-refractivity contribution in [2.24, 2.45) is 0 Å². The van der Waals surface area contributed by atoms with Gasteiger partial charge in [0.15, 0.2) is 0 Å². The highest BCUT2D eigenvalue weighted by molar-refractivity contribution is 5.94. The topological polar surface area (TPSA) is 44.8 Å². The second-order valence-electron chi connectivity index (χ2n) is 6.04. The average molecular weight is 339 g/mol. The van der Waals surface area contributed by atoms with Crippen molar-refractivity contribution >= 4 is 23.0 Å². The summed E-state index contributed by atoms with van der Waals surface area (Å²) in [7, 11) is 0. The van der Waals surface area contributed by atoms with Gasteiger partial charge in [-0.1, -0.05) is 18.2 Å². The Morgan fingerprint density at radius 1 is 1.08 bits per heavy atom. The molecule has 2 aromatic carbocycles. The van der Waals surface area contributed by atoms with Crippen LogP contribution in [0.2, 0.25) is 0 Å². The van der Waals surface area contributed by atoms with Gasteiger partial charge in [-0.15, -0.1) is 0 Å². The van der Waals surface area contributed by atoms with E-state index in [2.05, 4.69) is 34.2 Å². The molecular weight excluding hydrogens is 314 g/mol. The van der Waals surface area contributed by atoms with Gasteiger partial charge in [0.25, 0.3) is 0 Å². The summed E-state index contributed by atoms with van der Waals surface area (Å²) in [5.41, 5.74) is 3.05. The number of carbonyl (C=O) groups is 1. The largest absolute Gasteiger partial charge is 0.378 e. The van der Waals surface area contributed by atoms with Gasteiger partial charge in [0, 0.05) is 36.7 Å². The second kappa shape index (κ2) is 8.53. The SMILES string of the molecule is CCN(CC(=O)Nc1ccc(N2CCOCC2)cc1)c1ccccc1. The lowest BCUT2D eigenvalue weighted by atomic mass is 10.2. The van der Waals surface area contributed by atoms with Gasteiger partial charge >= 0.3 is 0 Å². The number of ether oxygens (including phenoxy) is 1. The molecule has 0 saturated carbocycles. The highest BCUT2D eigenvalue weighted by atomic mass is 16.5. The highest BCUT2D eigenvalue weighted by Gasteiger charge is 2.12. The Morgan fingerprint density at radius 3 is 2.40 bits per heavy atom. The number of likely N-dealkylation sites (N-methyl/N-ethyl adjacent to an activating group) is 1. The number of para-hydroxylation sites is 1. The van der Waals surface area contributed by atoms with Crippen LogP contribution in [0.15, 0.2) is 54.6 Å². The van der Waals surface area contributed by atoms with E-state index < -0.39 is 0 Å². The van der Waals surface area contributed by atoms with Crippen molar-refractivity contribution in [1.29, 1.82) is 0 Å². The van der Waals surface area contributed by atoms with E-state index in [0.717, 1.165) is 44.2 Å². The van der Waals surface area contributed by atoms with Crippen molar-refractivity contribution in [3.63, 3.8) is 0 Å². The van der Waals surface area contributed by atoms with Crippen LogP contribution < -0.4 is 15.1 Å². The van der Waals surface area contributed by atoms with Gasteiger partial charge in [-0.05, 0) is 43.3 Å². The Labute approximate surface area is 149 Å². The minimum absolute atomic E-state index is 0.00942. The predicted molar refractivity (Wildman–Crippen MR) is 102 cm³/mol. The average Bonchev–Trinajstić information content (AvgIpc) is 2.68. The molecule has 1 heterocycles. The molecule has 1 saturated heterocycles. The molecule has 3 rings (SSSR count). The van der Waals surface area contributed by atoms with Crippen LogP contribution in [-0.4, -0.2) is 45.3 Å². The first kappa shape index (κ1) is 17.3. The number of hydrogen-bond donors (Lipinski definition) is 1. The summed E-state index contributed by atoms with van der Waals surface area (Å²) in [4.78, 5) is 16.7. The Bertz CT molecular complexity index is 667. The monoisotopic (exact) mass is 339 g/mol. The van der Waals surface area contributed by atoms with Crippen LogP contribution in [0.25, 0.3) is 0 Å². The lowest BCUT2D eigenvalue weighted by Crippen LogP contribution is -2.36. The van der Waals surface area contributed by atoms with E-state index in [1.165, 1.54) is 5.69 Å². The molecule has 1 amide bonds. The maximum atomic E-state index is 12.4. The van der Waals surface area contributed by atoms with Crippen molar-refractivity contribution in [3.05, 3.63) is 54.6 Å². The third-order valence-electron chi connectivity index (χ3n) is 4.36. The van der Waals surface area contributed by atoms with Crippen LogP contribution in [-0.2, 0) is 9.53 Å². The van der Waals surface area contributed by atoms with Crippen molar-refractivity contribution in [2.45, 2.75) is 6.92 Å². The minimum Gasteiger partial charge on any atom is -0.378 e. The van der Waals surface area contributed by atoms with E-state index in [1.54, 1.807) is 0 Å². The first-order valence-corrected chi connectivity index (χ1v) is 8.79. The van der Waals surface area contributed by atoms with Gasteiger partial charge in [-0.3, -0.25) is 4.79 Å². The van der Waals surface area contributed by atoms with Crippen LogP contribution in [0, 0.1) is 0 Å². The van der Waals surface area contributed by atoms with Gasteiger partial charge in [0.1, 0.15) is 0 Å². The molecule has 1 fully saturated rings. The minimum atomic E-state index is -0.00942. The Morgan fingerprint density at radius 2 is 1.76 bits per heavy atom. The van der Waals surface area contributed by atoms with Crippen LogP contribution in [0.1, 0.15) is 6.92 Å². The van der Waals surface area contributed by atoms with E-state index in [-0.39, 0.29) is 5.91 Å². The molecule has 5 nitrogen and oxygen atoms in total. The molecule has 0 unspecified atom stereocenters. The number of anilines is 3. The van der Waals surface area contributed by atoms with E-state index in [9.17, 15) is 4.79 Å². The molecule has 0 spiro atoms. The molecule has 0 radical (unpaired) electrons. The zero-order valence-electron chi connectivity index (χ0n) is 14.6. The van der Waals surface area contributed by atoms with Crippen molar-refractivity contribution in [1.82, 2.24) is 0 Å². The molecule has 2 aromatic rings. The fraction of sp³-hybridized carbons (Fsp3) is 0.350. The summed E-state index contributed by atoms with van der Waals surface area (Å²) in [6.45, 7) is 6.54. The predicted octanol–water partition coefficient (Wildman–Crippen LogP) is 2.99. The summed E-state index contributed by atoms with van der Waals surface area (Å²) in [6, 6.07) is 18.0. The van der Waals surface area contributed by atoms with Crippen LogP contribution in [0.4, 0.5) is 17.1 Å². The number of benzene rings is 2. The van der Waals surface area contributed by atoms with Gasteiger partial charge in [0.2, 0.25) is 5.91 Å². The summed E-state index contributed by atoms with van der Waals surface area (Å²) in [6.07, 6.45) is 0. The number of rotatable bonds is 6. The van der Waals surface area contributed by atoms with Crippen molar-refractivity contribution < 1.29 is 9.53 Å². The molecule has 0 bridgehead atoms. The maximum Gasteiger partial charge on any atom is 0.243 e. The molecule has 25 heavy (non-hydrogen) atoms. The van der Waals surface area contributed by atoms with Crippen LogP contribution in [0.5, 0.6) is 0 Å². The third-order valence-corrected chi connectivity index (χ3v) is 4.36. The number of nitrogens with one attached hydrogen (secondary N) is 1. The molecule has 5 heteroatoms. The fourth-order valence-electron chi connectivity index (χ4n) is 2.98. The summed E-state index contributed by atoms with van der Waals surface area (Å²) < 4.78 is 5.38.